The summed E-state index contributed by atoms with van der Waals surface area (Å²) in [5, 5.41) is 13.9. The molecule has 2 heterocycles. The van der Waals surface area contributed by atoms with E-state index in [2.05, 4.69) is 5.32 Å². The van der Waals surface area contributed by atoms with E-state index in [4.69, 9.17) is 27.9 Å². The normalized spacial score (nSPS) is 26.4. The van der Waals surface area contributed by atoms with Crippen molar-refractivity contribution in [2.24, 2.45) is 0 Å². The van der Waals surface area contributed by atoms with Crippen molar-refractivity contribution < 1.29 is 46.2 Å². The fourth-order valence-electron chi connectivity index (χ4n) is 5.13. The summed E-state index contributed by atoms with van der Waals surface area (Å²) >= 11 is 0. The second-order valence-electron chi connectivity index (χ2n) is 11.5. The fraction of sp³-hybridized carbons (Fsp3) is 0.424. The highest BCUT2D eigenvalue weighted by molar-refractivity contribution is 7.86. The Bertz CT molecular complexity index is 1500. The summed E-state index contributed by atoms with van der Waals surface area (Å²) in [4.78, 5) is 12.4. The van der Waals surface area contributed by atoms with E-state index in [0.717, 1.165) is 16.7 Å². The molecule has 7 atom stereocenters. The SMILES string of the molecule is CC(=O)N[C@H]1[C@H](OC[C@](C)(O)COS(=O)(=O)c2ccc(C)cc2)O[C@@H]2CO[C@@H](c3ccccc3)O[C@H]2[C@@H]1OCc1ccccc1. The second-order valence-corrected chi connectivity index (χ2v) is 13.2. The summed E-state index contributed by atoms with van der Waals surface area (Å²) in [5.74, 6) is -0.352. The summed E-state index contributed by atoms with van der Waals surface area (Å²) in [7, 11) is -4.12. The zero-order valence-electron chi connectivity index (χ0n) is 25.4. The van der Waals surface area contributed by atoms with Crippen molar-refractivity contribution in [1.82, 2.24) is 5.32 Å². The molecule has 0 aromatic heterocycles. The van der Waals surface area contributed by atoms with E-state index in [0.29, 0.717) is 0 Å². The molecule has 2 saturated heterocycles. The average molecular weight is 642 g/mol. The molecule has 242 valence electrons. The van der Waals surface area contributed by atoms with Gasteiger partial charge in [-0.3, -0.25) is 8.98 Å². The predicted octanol–water partition coefficient (Wildman–Crippen LogP) is 3.40. The third-order valence-electron chi connectivity index (χ3n) is 7.46. The van der Waals surface area contributed by atoms with Crippen molar-refractivity contribution in [3.63, 3.8) is 0 Å². The lowest BCUT2D eigenvalue weighted by molar-refractivity contribution is -0.352. The van der Waals surface area contributed by atoms with Crippen LogP contribution in [0.3, 0.4) is 0 Å². The lowest BCUT2D eigenvalue weighted by Gasteiger charge is -2.49. The first-order valence-electron chi connectivity index (χ1n) is 14.7. The highest BCUT2D eigenvalue weighted by Gasteiger charge is 2.52. The monoisotopic (exact) mass is 641 g/mol. The van der Waals surface area contributed by atoms with E-state index >= 15 is 0 Å². The second kappa shape index (κ2) is 14.5. The van der Waals surface area contributed by atoms with Crippen LogP contribution in [0, 0.1) is 6.92 Å². The molecule has 2 fully saturated rings. The molecule has 11 nitrogen and oxygen atoms in total. The van der Waals surface area contributed by atoms with E-state index in [9.17, 15) is 18.3 Å². The molecule has 0 saturated carbocycles. The smallest absolute Gasteiger partial charge is 0.297 e. The Morgan fingerprint density at radius 3 is 2.29 bits per heavy atom. The first-order valence-corrected chi connectivity index (χ1v) is 16.1. The Morgan fingerprint density at radius 2 is 1.62 bits per heavy atom. The number of aliphatic hydroxyl groups is 1. The minimum atomic E-state index is -4.12. The van der Waals surface area contributed by atoms with Gasteiger partial charge in [0.2, 0.25) is 5.91 Å². The van der Waals surface area contributed by atoms with Gasteiger partial charge in [-0.2, -0.15) is 8.42 Å². The molecule has 2 aliphatic rings. The molecular weight excluding hydrogens is 602 g/mol. The molecule has 5 rings (SSSR count). The average Bonchev–Trinajstić information content (AvgIpc) is 3.03. The molecule has 0 radical (unpaired) electrons. The number of amides is 1. The molecule has 3 aromatic carbocycles. The number of fused-ring (bicyclic) bond motifs is 1. The Kier molecular flexibility index (Phi) is 10.7. The van der Waals surface area contributed by atoms with Crippen molar-refractivity contribution in [3.8, 4) is 0 Å². The number of hydrogen-bond donors (Lipinski definition) is 2. The fourth-order valence-corrected chi connectivity index (χ4v) is 6.14. The highest BCUT2D eigenvalue weighted by atomic mass is 32.2. The van der Waals surface area contributed by atoms with E-state index in [1.165, 1.54) is 26.0 Å². The minimum absolute atomic E-state index is 0.0262. The number of aryl methyl sites for hydroxylation is 1. The molecule has 0 bridgehead atoms. The lowest BCUT2D eigenvalue weighted by atomic mass is 9.95. The van der Waals surface area contributed by atoms with Crippen molar-refractivity contribution in [2.45, 2.75) is 74.8 Å². The maximum absolute atomic E-state index is 12.7. The molecule has 0 spiro atoms. The van der Waals surface area contributed by atoms with Crippen molar-refractivity contribution in [1.29, 1.82) is 0 Å². The summed E-state index contributed by atoms with van der Waals surface area (Å²) in [6, 6.07) is 24.4. The first-order chi connectivity index (χ1) is 21.5. The Morgan fingerprint density at radius 1 is 0.956 bits per heavy atom. The third kappa shape index (κ3) is 8.75. The molecule has 45 heavy (non-hydrogen) atoms. The van der Waals surface area contributed by atoms with Gasteiger partial charge < -0.3 is 34.1 Å². The van der Waals surface area contributed by atoms with E-state index in [1.54, 1.807) is 12.1 Å². The van der Waals surface area contributed by atoms with Gasteiger partial charge in [0.15, 0.2) is 12.6 Å². The van der Waals surface area contributed by atoms with Crippen LogP contribution in [0.4, 0.5) is 0 Å². The van der Waals surface area contributed by atoms with Crippen molar-refractivity contribution in [2.75, 3.05) is 19.8 Å². The van der Waals surface area contributed by atoms with Crippen molar-refractivity contribution in [3.05, 3.63) is 102 Å². The molecule has 3 aromatic rings. The molecule has 0 aliphatic carbocycles. The van der Waals surface area contributed by atoms with Crippen LogP contribution in [0.5, 0.6) is 0 Å². The van der Waals surface area contributed by atoms with E-state index in [-0.39, 0.29) is 30.6 Å². The Hall–Kier alpha value is -3.20. The van der Waals surface area contributed by atoms with Gasteiger partial charge in [0.25, 0.3) is 10.1 Å². The van der Waals surface area contributed by atoms with Crippen LogP contribution in [-0.4, -0.2) is 75.5 Å². The number of rotatable bonds is 12. The maximum Gasteiger partial charge on any atom is 0.297 e. The van der Waals surface area contributed by atoms with Crippen LogP contribution >= 0.6 is 0 Å². The van der Waals surface area contributed by atoms with Crippen LogP contribution in [0.25, 0.3) is 0 Å². The van der Waals surface area contributed by atoms with Gasteiger partial charge in [0, 0.05) is 12.5 Å². The molecule has 12 heteroatoms. The number of carbonyl (C=O) groups is 1. The van der Waals surface area contributed by atoms with Gasteiger partial charge in [0.1, 0.15) is 30.0 Å². The molecule has 1 amide bonds. The number of ether oxygens (including phenoxy) is 5. The van der Waals surface area contributed by atoms with Crippen LogP contribution in [0.2, 0.25) is 0 Å². The molecular formula is C33H39NO10S. The van der Waals surface area contributed by atoms with Gasteiger partial charge in [0.05, 0.1) is 31.3 Å². The molecule has 0 unspecified atom stereocenters. The molecule has 2 N–H and O–H groups in total. The summed E-state index contributed by atoms with van der Waals surface area (Å²) < 4.78 is 61.7. The summed E-state index contributed by atoms with van der Waals surface area (Å²) in [6.45, 7) is 4.01. The minimum Gasteiger partial charge on any atom is -0.385 e. The van der Waals surface area contributed by atoms with Crippen LogP contribution in [-0.2, 0) is 49.4 Å². The first kappa shape index (κ1) is 33.2. The lowest BCUT2D eigenvalue weighted by Crippen LogP contribution is -2.67. The molecule has 2 aliphatic heterocycles. The summed E-state index contributed by atoms with van der Waals surface area (Å²) in [5.41, 5.74) is 0.898. The van der Waals surface area contributed by atoms with Crippen LogP contribution < -0.4 is 5.32 Å². The number of hydrogen-bond acceptors (Lipinski definition) is 10. The third-order valence-corrected chi connectivity index (χ3v) is 8.74. The number of carbonyl (C=O) groups excluding carboxylic acids is 1. The quantitative estimate of drug-likeness (QED) is 0.283. The van der Waals surface area contributed by atoms with E-state index in [1.807, 2.05) is 67.6 Å². The Balaban J connectivity index is 1.32. The maximum atomic E-state index is 12.7. The van der Waals surface area contributed by atoms with Gasteiger partial charge in [-0.25, -0.2) is 0 Å². The summed E-state index contributed by atoms with van der Waals surface area (Å²) in [6.07, 6.45) is -3.80. The van der Waals surface area contributed by atoms with Gasteiger partial charge >= 0.3 is 0 Å². The van der Waals surface area contributed by atoms with E-state index < -0.39 is 59.3 Å². The topological polar surface area (TPSA) is 139 Å². The number of nitrogens with one attached hydrogen (secondary N) is 1. The van der Waals surface area contributed by atoms with Gasteiger partial charge in [-0.1, -0.05) is 78.4 Å². The van der Waals surface area contributed by atoms with Crippen LogP contribution in [0.15, 0.2) is 89.8 Å². The van der Waals surface area contributed by atoms with Crippen molar-refractivity contribution >= 4 is 16.0 Å². The zero-order valence-corrected chi connectivity index (χ0v) is 26.2. The van der Waals surface area contributed by atoms with Gasteiger partial charge in [-0.05, 0) is 31.5 Å². The Labute approximate surface area is 263 Å². The zero-order chi connectivity index (χ0) is 32.0. The van der Waals surface area contributed by atoms with Gasteiger partial charge in [-0.15, -0.1) is 0 Å². The largest absolute Gasteiger partial charge is 0.385 e. The standard InChI is InChI=1S/C33H39NO10S/c1-22-14-16-26(17-15-22)45(37,38)42-21-33(3,36)20-41-32-28(34-23(2)35)30(39-18-24-10-6-4-7-11-24)29-27(43-32)19-40-31(44-29)25-12-8-5-9-13-25/h4-17,27-32,36H,18-21H2,1-3H3,(H,34,35)/t27-,28-,29-,30-,31-,32-,33+/m1/s1. The van der Waals surface area contributed by atoms with Crippen LogP contribution in [0.1, 0.15) is 36.8 Å². The highest BCUT2D eigenvalue weighted by Crippen LogP contribution is 2.36. The predicted molar refractivity (Wildman–Crippen MR) is 162 cm³/mol. The number of benzene rings is 3.